The van der Waals surface area contributed by atoms with E-state index in [1.54, 1.807) is 45.8 Å². The van der Waals surface area contributed by atoms with Crippen molar-refractivity contribution in [2.45, 2.75) is 84.4 Å². The van der Waals surface area contributed by atoms with E-state index in [9.17, 15) is 9.59 Å². The van der Waals surface area contributed by atoms with Gasteiger partial charge in [-0.25, -0.2) is 14.5 Å². The van der Waals surface area contributed by atoms with Crippen LogP contribution in [0.15, 0.2) is 36.2 Å². The Morgan fingerprint density at radius 2 is 1.90 bits per heavy atom. The van der Waals surface area contributed by atoms with Crippen LogP contribution in [-0.4, -0.2) is 62.5 Å². The number of hydrogen-bond donors (Lipinski definition) is 1. The Kier molecular flexibility index (Phi) is 6.81. The number of allylic oxidation sites excluding steroid dienone is 3. The smallest absolute Gasteiger partial charge is 0.408 e. The largest absolute Gasteiger partial charge is 0.493 e. The van der Waals surface area contributed by atoms with Crippen LogP contribution in [0.1, 0.15) is 90.2 Å². The van der Waals surface area contributed by atoms with Gasteiger partial charge in [-0.2, -0.15) is 5.10 Å². The van der Waals surface area contributed by atoms with Gasteiger partial charge in [0, 0.05) is 49.0 Å². The molecule has 39 heavy (non-hydrogen) atoms. The molecule has 2 amide bonds. The van der Waals surface area contributed by atoms with Crippen molar-refractivity contribution in [1.29, 1.82) is 0 Å². The van der Waals surface area contributed by atoms with Crippen molar-refractivity contribution in [3.05, 3.63) is 53.1 Å². The van der Waals surface area contributed by atoms with Gasteiger partial charge in [-0.15, -0.1) is 0 Å². The molecule has 0 unspecified atom stereocenters. The monoisotopic (exact) mass is 533 g/mol. The number of carbonyl (C=O) groups is 2. The summed E-state index contributed by atoms with van der Waals surface area (Å²) in [5.41, 5.74) is 4.39. The highest BCUT2D eigenvalue weighted by Gasteiger charge is 2.41. The molecule has 208 valence electrons. The number of amides is 2. The molecule has 2 aromatic rings. The van der Waals surface area contributed by atoms with Gasteiger partial charge in [0.2, 0.25) is 5.91 Å². The van der Waals surface area contributed by atoms with E-state index >= 15 is 0 Å². The number of benzene rings is 1. The molecule has 1 saturated heterocycles. The molecule has 2 aliphatic heterocycles. The maximum Gasteiger partial charge on any atom is 0.408 e. The third-order valence-electron chi connectivity index (χ3n) is 7.40. The summed E-state index contributed by atoms with van der Waals surface area (Å²) < 4.78 is 13.5. The molecular formula is C30H39N5O4. The standard InChI is InChI=1S/C30H39N5O4/c1-18(2)35-26(31-17-32-35)21-12-20-10-11-38-25-14-19(8-9-23(25)24(20)13-21)22-15-34(16-22)27(36)30(6,7)33-28(37)39-29(3,4)5/h8-9,12,14,17-18,22H,10-11,13,15-16H2,1-7H3,(H,33,37). The summed E-state index contributed by atoms with van der Waals surface area (Å²) in [6.07, 6.45) is 4.95. The SMILES string of the molecule is CC(C)n1ncnc1C1=CC2=C(C1)c1ccc(C3CN(C(=O)C(C)(C)NC(=O)OC(C)(C)C)C3)cc1OCC2. The van der Waals surface area contributed by atoms with Crippen molar-refractivity contribution < 1.29 is 19.1 Å². The second-order valence-corrected chi connectivity index (χ2v) is 12.5. The first-order valence-corrected chi connectivity index (χ1v) is 13.7. The Morgan fingerprint density at radius 3 is 2.59 bits per heavy atom. The summed E-state index contributed by atoms with van der Waals surface area (Å²) in [4.78, 5) is 31.7. The predicted molar refractivity (Wildman–Crippen MR) is 149 cm³/mol. The molecule has 1 N–H and O–H groups in total. The number of likely N-dealkylation sites (tertiary alicyclic amines) is 1. The lowest BCUT2D eigenvalue weighted by Crippen LogP contribution is -2.61. The number of fused-ring (bicyclic) bond motifs is 2. The van der Waals surface area contributed by atoms with Crippen LogP contribution >= 0.6 is 0 Å². The molecule has 3 aliphatic rings. The lowest BCUT2D eigenvalue weighted by Gasteiger charge is -2.43. The minimum atomic E-state index is -1.06. The molecule has 1 aromatic heterocycles. The first-order chi connectivity index (χ1) is 18.3. The molecule has 1 fully saturated rings. The van der Waals surface area contributed by atoms with Crippen molar-refractivity contribution in [3.8, 4) is 5.75 Å². The van der Waals surface area contributed by atoms with Gasteiger partial charge >= 0.3 is 6.09 Å². The lowest BCUT2D eigenvalue weighted by atomic mass is 9.87. The molecule has 3 heterocycles. The highest BCUT2D eigenvalue weighted by Crippen LogP contribution is 2.45. The van der Waals surface area contributed by atoms with E-state index in [0.717, 1.165) is 35.5 Å². The quantitative estimate of drug-likeness (QED) is 0.573. The van der Waals surface area contributed by atoms with Crippen LogP contribution in [-0.2, 0) is 9.53 Å². The first kappa shape index (κ1) is 27.0. The summed E-state index contributed by atoms with van der Waals surface area (Å²) in [6.45, 7) is 14.9. The summed E-state index contributed by atoms with van der Waals surface area (Å²) in [6, 6.07) is 6.70. The highest BCUT2D eigenvalue weighted by molar-refractivity contribution is 5.91. The van der Waals surface area contributed by atoms with E-state index in [2.05, 4.69) is 53.5 Å². The zero-order chi connectivity index (χ0) is 28.1. The average molecular weight is 534 g/mol. The molecule has 0 atom stereocenters. The number of hydrogen-bond acceptors (Lipinski definition) is 6. The van der Waals surface area contributed by atoms with E-state index in [-0.39, 0.29) is 17.9 Å². The Hall–Kier alpha value is -3.62. The normalized spacial score (nSPS) is 17.6. The van der Waals surface area contributed by atoms with Crippen LogP contribution in [0.2, 0.25) is 0 Å². The van der Waals surface area contributed by atoms with Crippen LogP contribution in [0.25, 0.3) is 11.1 Å². The van der Waals surface area contributed by atoms with Gasteiger partial charge < -0.3 is 19.7 Å². The van der Waals surface area contributed by atoms with Crippen molar-refractivity contribution in [1.82, 2.24) is 25.0 Å². The molecule has 9 nitrogen and oxygen atoms in total. The fraction of sp³-hybridized carbons (Fsp3) is 0.533. The molecule has 0 radical (unpaired) electrons. The van der Waals surface area contributed by atoms with Gasteiger partial charge in [0.15, 0.2) is 5.82 Å². The second-order valence-electron chi connectivity index (χ2n) is 12.5. The number of aromatic nitrogens is 3. The minimum absolute atomic E-state index is 0.121. The Morgan fingerprint density at radius 1 is 1.15 bits per heavy atom. The van der Waals surface area contributed by atoms with E-state index in [1.165, 1.54) is 16.7 Å². The van der Waals surface area contributed by atoms with Crippen LogP contribution in [0, 0.1) is 0 Å². The van der Waals surface area contributed by atoms with Crippen molar-refractivity contribution in [2.75, 3.05) is 19.7 Å². The zero-order valence-electron chi connectivity index (χ0n) is 24.0. The summed E-state index contributed by atoms with van der Waals surface area (Å²) in [5, 5.41) is 7.13. The van der Waals surface area contributed by atoms with Gasteiger partial charge in [0.1, 0.15) is 23.2 Å². The van der Waals surface area contributed by atoms with Gasteiger partial charge in [-0.1, -0.05) is 18.2 Å². The van der Waals surface area contributed by atoms with Crippen molar-refractivity contribution >= 4 is 23.1 Å². The summed E-state index contributed by atoms with van der Waals surface area (Å²) in [5.74, 6) is 1.93. The molecular weight excluding hydrogens is 494 g/mol. The van der Waals surface area contributed by atoms with Gasteiger partial charge in [-0.3, -0.25) is 4.79 Å². The number of rotatable bonds is 5. The number of nitrogens with zero attached hydrogens (tertiary/aromatic N) is 4. The fourth-order valence-electron chi connectivity index (χ4n) is 5.44. The van der Waals surface area contributed by atoms with Crippen LogP contribution in [0.4, 0.5) is 4.79 Å². The molecule has 0 saturated carbocycles. The summed E-state index contributed by atoms with van der Waals surface area (Å²) >= 11 is 0. The fourth-order valence-corrected chi connectivity index (χ4v) is 5.44. The third kappa shape index (κ3) is 5.44. The van der Waals surface area contributed by atoms with Crippen LogP contribution in [0.5, 0.6) is 5.75 Å². The van der Waals surface area contributed by atoms with Crippen LogP contribution < -0.4 is 10.1 Å². The van der Waals surface area contributed by atoms with E-state index in [4.69, 9.17) is 9.47 Å². The number of ether oxygens (including phenoxy) is 2. The Bertz CT molecular complexity index is 1360. The maximum atomic E-state index is 13.1. The van der Waals surface area contributed by atoms with Gasteiger partial charge in [-0.05, 0) is 71.2 Å². The van der Waals surface area contributed by atoms with E-state index in [0.29, 0.717) is 19.7 Å². The molecule has 0 bridgehead atoms. The van der Waals surface area contributed by atoms with E-state index in [1.807, 2.05) is 4.68 Å². The lowest BCUT2D eigenvalue weighted by molar-refractivity contribution is -0.141. The highest BCUT2D eigenvalue weighted by atomic mass is 16.6. The Balaban J connectivity index is 1.25. The van der Waals surface area contributed by atoms with E-state index < -0.39 is 17.2 Å². The van der Waals surface area contributed by atoms with Gasteiger partial charge in [0.05, 0.1) is 6.61 Å². The number of carbonyl (C=O) groups excluding carboxylic acids is 2. The molecule has 5 rings (SSSR count). The predicted octanol–water partition coefficient (Wildman–Crippen LogP) is 5.11. The number of nitrogens with one attached hydrogen (secondary N) is 1. The third-order valence-corrected chi connectivity index (χ3v) is 7.40. The summed E-state index contributed by atoms with van der Waals surface area (Å²) in [7, 11) is 0. The average Bonchev–Trinajstić information content (AvgIpc) is 3.41. The second kappa shape index (κ2) is 9.84. The molecule has 1 aliphatic carbocycles. The zero-order valence-corrected chi connectivity index (χ0v) is 24.0. The Labute approximate surface area is 230 Å². The van der Waals surface area contributed by atoms with Crippen molar-refractivity contribution in [3.63, 3.8) is 0 Å². The first-order valence-electron chi connectivity index (χ1n) is 13.7. The maximum absolute atomic E-state index is 13.1. The minimum Gasteiger partial charge on any atom is -0.493 e. The number of alkyl carbamates (subject to hydrolysis) is 1. The molecule has 0 spiro atoms. The van der Waals surface area contributed by atoms with Gasteiger partial charge in [0.25, 0.3) is 0 Å². The van der Waals surface area contributed by atoms with Crippen molar-refractivity contribution in [2.24, 2.45) is 0 Å². The molecule has 9 heteroatoms. The van der Waals surface area contributed by atoms with Crippen LogP contribution in [0.3, 0.4) is 0 Å². The topological polar surface area (TPSA) is 98.6 Å². The molecule has 1 aromatic carbocycles.